The maximum Gasteiger partial charge on any atom is 0.244 e. The maximum absolute atomic E-state index is 11.9. The minimum atomic E-state index is -0.872. The molecule has 1 unspecified atom stereocenters. The number of carbonyl (C=O) groups is 1. The van der Waals surface area contributed by atoms with Crippen LogP contribution in [-0.4, -0.2) is 23.2 Å². The van der Waals surface area contributed by atoms with Gasteiger partial charge in [-0.25, -0.2) is 0 Å². The summed E-state index contributed by atoms with van der Waals surface area (Å²) in [6, 6.07) is 17.5. The Balaban J connectivity index is 1.87. The normalized spacial score (nSPS) is 13.3. The number of rotatable bonds is 9. The molecule has 4 nitrogen and oxygen atoms in total. The van der Waals surface area contributed by atoms with Crippen molar-refractivity contribution in [3.63, 3.8) is 0 Å². The van der Waals surface area contributed by atoms with E-state index in [4.69, 9.17) is 4.74 Å². The third-order valence-electron chi connectivity index (χ3n) is 3.97. The van der Waals surface area contributed by atoms with E-state index in [1.807, 2.05) is 61.5 Å². The molecule has 0 heterocycles. The summed E-state index contributed by atoms with van der Waals surface area (Å²) in [5.41, 5.74) is 1.11. The number of hydrogen-bond donors (Lipinski definition) is 2. The molecule has 4 heteroatoms. The van der Waals surface area contributed by atoms with Crippen LogP contribution >= 0.6 is 0 Å². The highest BCUT2D eigenvalue weighted by molar-refractivity contribution is 5.91. The van der Waals surface area contributed by atoms with E-state index in [9.17, 15) is 9.90 Å². The first-order valence-corrected chi connectivity index (χ1v) is 8.93. The average Bonchev–Trinajstić information content (AvgIpc) is 2.64. The van der Waals surface area contributed by atoms with Crippen LogP contribution in [0.5, 0.6) is 5.75 Å². The zero-order valence-electron chi connectivity index (χ0n) is 15.4. The monoisotopic (exact) mass is 353 g/mol. The molecule has 0 aliphatic carbocycles. The molecule has 0 aliphatic rings. The Kier molecular flexibility index (Phi) is 7.42. The van der Waals surface area contributed by atoms with Crippen molar-refractivity contribution < 1.29 is 14.6 Å². The summed E-state index contributed by atoms with van der Waals surface area (Å²) in [6.07, 6.45) is 4.73. The Morgan fingerprint density at radius 3 is 2.69 bits per heavy atom. The SMILES string of the molecule is CCCC(C)(O)CNC(=O)C=Cc1cccc(OCc2ccccc2)c1. The summed E-state index contributed by atoms with van der Waals surface area (Å²) in [5.74, 6) is 0.527. The Labute approximate surface area is 155 Å². The quantitative estimate of drug-likeness (QED) is 0.671. The van der Waals surface area contributed by atoms with Crippen molar-refractivity contribution in [3.8, 4) is 5.75 Å². The highest BCUT2D eigenvalue weighted by Crippen LogP contribution is 2.16. The first-order valence-electron chi connectivity index (χ1n) is 8.93. The summed E-state index contributed by atoms with van der Waals surface area (Å²) in [6.45, 7) is 4.47. The van der Waals surface area contributed by atoms with Crippen molar-refractivity contribution in [2.75, 3.05) is 6.54 Å². The minimum absolute atomic E-state index is 0.225. The highest BCUT2D eigenvalue weighted by atomic mass is 16.5. The van der Waals surface area contributed by atoms with Crippen LogP contribution in [0, 0.1) is 0 Å². The van der Waals surface area contributed by atoms with Gasteiger partial charge < -0.3 is 15.2 Å². The van der Waals surface area contributed by atoms with Crippen molar-refractivity contribution in [2.45, 2.75) is 38.9 Å². The molecule has 0 saturated heterocycles. The fourth-order valence-corrected chi connectivity index (χ4v) is 2.58. The van der Waals surface area contributed by atoms with Gasteiger partial charge in [0.2, 0.25) is 5.91 Å². The minimum Gasteiger partial charge on any atom is -0.489 e. The zero-order chi connectivity index (χ0) is 18.8. The fraction of sp³-hybridized carbons (Fsp3) is 0.318. The van der Waals surface area contributed by atoms with Crippen molar-refractivity contribution in [1.29, 1.82) is 0 Å². The van der Waals surface area contributed by atoms with Crippen molar-refractivity contribution in [2.24, 2.45) is 0 Å². The van der Waals surface area contributed by atoms with Crippen LogP contribution in [0.3, 0.4) is 0 Å². The zero-order valence-corrected chi connectivity index (χ0v) is 15.4. The number of aliphatic hydroxyl groups is 1. The Hall–Kier alpha value is -2.59. The van der Waals surface area contributed by atoms with E-state index in [-0.39, 0.29) is 12.5 Å². The first kappa shape index (κ1) is 19.7. The van der Waals surface area contributed by atoms with E-state index < -0.39 is 5.60 Å². The van der Waals surface area contributed by atoms with Gasteiger partial charge in [0.05, 0.1) is 5.60 Å². The number of nitrogens with one attached hydrogen (secondary N) is 1. The Morgan fingerprint density at radius 1 is 1.19 bits per heavy atom. The van der Waals surface area contributed by atoms with Crippen LogP contribution in [0.25, 0.3) is 6.08 Å². The molecule has 0 fully saturated rings. The van der Waals surface area contributed by atoms with Crippen LogP contribution in [0.15, 0.2) is 60.7 Å². The van der Waals surface area contributed by atoms with Crippen molar-refractivity contribution >= 4 is 12.0 Å². The van der Waals surface area contributed by atoms with Crippen molar-refractivity contribution in [1.82, 2.24) is 5.32 Å². The van der Waals surface area contributed by atoms with E-state index in [0.717, 1.165) is 23.3 Å². The smallest absolute Gasteiger partial charge is 0.244 e. The molecule has 2 N–H and O–H groups in total. The molecule has 26 heavy (non-hydrogen) atoms. The second-order valence-electron chi connectivity index (χ2n) is 6.64. The summed E-state index contributed by atoms with van der Waals surface area (Å²) in [5, 5.41) is 12.8. The highest BCUT2D eigenvalue weighted by Gasteiger charge is 2.19. The van der Waals surface area contributed by atoms with Gasteiger partial charge >= 0.3 is 0 Å². The standard InChI is InChI=1S/C22H27NO3/c1-3-14-22(2,25)17-23-21(24)13-12-18-10-7-11-20(15-18)26-16-19-8-5-4-6-9-19/h4-13,15,25H,3,14,16-17H2,1-2H3,(H,23,24). The Morgan fingerprint density at radius 2 is 1.96 bits per heavy atom. The fourth-order valence-electron chi connectivity index (χ4n) is 2.58. The van der Waals surface area contributed by atoms with Crippen molar-refractivity contribution in [3.05, 3.63) is 71.8 Å². The van der Waals surface area contributed by atoms with Crippen LogP contribution in [0.4, 0.5) is 0 Å². The number of ether oxygens (including phenoxy) is 1. The van der Waals surface area contributed by atoms with Gasteiger partial charge in [0.15, 0.2) is 0 Å². The molecule has 2 aromatic rings. The largest absolute Gasteiger partial charge is 0.489 e. The number of carbonyl (C=O) groups excluding carboxylic acids is 1. The summed E-state index contributed by atoms with van der Waals surface area (Å²) in [4.78, 5) is 11.9. The number of hydrogen-bond acceptors (Lipinski definition) is 3. The molecule has 0 saturated carbocycles. The molecule has 0 aromatic heterocycles. The third-order valence-corrected chi connectivity index (χ3v) is 3.97. The molecule has 138 valence electrons. The predicted octanol–water partition coefficient (Wildman–Crippen LogP) is 3.95. The van der Waals surface area contributed by atoms with Gasteiger partial charge in [-0.05, 0) is 42.7 Å². The summed E-state index contributed by atoms with van der Waals surface area (Å²) >= 11 is 0. The molecule has 0 aliphatic heterocycles. The van der Waals surface area contributed by atoms with Crippen LogP contribution < -0.4 is 10.1 Å². The Bertz CT molecular complexity index is 723. The molecule has 0 spiro atoms. The third kappa shape index (κ3) is 7.11. The molecule has 0 bridgehead atoms. The molecule has 1 amide bonds. The van der Waals surface area contributed by atoms with Gasteiger partial charge in [-0.1, -0.05) is 55.8 Å². The van der Waals surface area contributed by atoms with Gasteiger partial charge in [0.25, 0.3) is 0 Å². The van der Waals surface area contributed by atoms with Crippen LogP contribution in [0.2, 0.25) is 0 Å². The average molecular weight is 353 g/mol. The van der Waals surface area contributed by atoms with Gasteiger partial charge in [-0.3, -0.25) is 4.79 Å². The molecular weight excluding hydrogens is 326 g/mol. The van der Waals surface area contributed by atoms with Crippen LogP contribution in [0.1, 0.15) is 37.8 Å². The second-order valence-corrected chi connectivity index (χ2v) is 6.64. The first-order chi connectivity index (χ1) is 12.5. The lowest BCUT2D eigenvalue weighted by Gasteiger charge is -2.22. The lowest BCUT2D eigenvalue weighted by molar-refractivity contribution is -0.117. The molecule has 0 radical (unpaired) electrons. The summed E-state index contributed by atoms with van der Waals surface area (Å²) < 4.78 is 5.79. The number of benzene rings is 2. The van der Waals surface area contributed by atoms with E-state index in [2.05, 4.69) is 5.32 Å². The molecular formula is C22H27NO3. The lowest BCUT2D eigenvalue weighted by atomic mass is 10.0. The van der Waals surface area contributed by atoms with Gasteiger partial charge in [-0.15, -0.1) is 0 Å². The summed E-state index contributed by atoms with van der Waals surface area (Å²) in [7, 11) is 0. The van der Waals surface area contributed by atoms with E-state index in [1.54, 1.807) is 13.0 Å². The predicted molar refractivity (Wildman–Crippen MR) is 105 cm³/mol. The molecule has 1 atom stereocenters. The van der Waals surface area contributed by atoms with E-state index in [1.165, 1.54) is 6.08 Å². The van der Waals surface area contributed by atoms with E-state index >= 15 is 0 Å². The number of amides is 1. The van der Waals surface area contributed by atoms with Gasteiger partial charge in [-0.2, -0.15) is 0 Å². The lowest BCUT2D eigenvalue weighted by Crippen LogP contribution is -2.39. The second kappa shape index (κ2) is 9.78. The van der Waals surface area contributed by atoms with Crippen LogP contribution in [-0.2, 0) is 11.4 Å². The molecule has 2 rings (SSSR count). The van der Waals surface area contributed by atoms with E-state index in [0.29, 0.717) is 13.0 Å². The molecule has 2 aromatic carbocycles. The van der Waals surface area contributed by atoms with Gasteiger partial charge in [0.1, 0.15) is 12.4 Å². The maximum atomic E-state index is 11.9. The van der Waals surface area contributed by atoms with Gasteiger partial charge in [0, 0.05) is 12.6 Å². The topological polar surface area (TPSA) is 58.6 Å².